The number of hydrogen-bond acceptors (Lipinski definition) is 3. The van der Waals surface area contributed by atoms with Gasteiger partial charge in [0.25, 0.3) is 10.0 Å². The molecule has 0 unspecified atom stereocenters. The van der Waals surface area contributed by atoms with Gasteiger partial charge in [0, 0.05) is 16.9 Å². The highest BCUT2D eigenvalue weighted by Crippen LogP contribution is 2.23. The molecule has 0 atom stereocenters. The first-order chi connectivity index (χ1) is 10.5. The van der Waals surface area contributed by atoms with E-state index >= 15 is 0 Å². The number of sulfonamides is 1. The third kappa shape index (κ3) is 3.01. The zero-order valence-electron chi connectivity index (χ0n) is 11.9. The van der Waals surface area contributed by atoms with Crippen molar-refractivity contribution in [3.05, 3.63) is 66.4 Å². The van der Waals surface area contributed by atoms with E-state index in [-0.39, 0.29) is 4.90 Å². The molecule has 0 bridgehead atoms. The maximum absolute atomic E-state index is 12.3. The number of H-pyrrole nitrogens is 1. The molecule has 3 aromatic rings. The van der Waals surface area contributed by atoms with Gasteiger partial charge in [-0.1, -0.05) is 30.3 Å². The lowest BCUT2D eigenvalue weighted by molar-refractivity contribution is 0.601. The molecule has 0 saturated carbocycles. The second kappa shape index (κ2) is 5.65. The molecule has 0 radical (unpaired) electrons. The Morgan fingerprint density at radius 3 is 2.45 bits per heavy atom. The van der Waals surface area contributed by atoms with Crippen LogP contribution in [0.3, 0.4) is 0 Å². The second-order valence-electron chi connectivity index (χ2n) is 4.94. The molecule has 0 saturated heterocycles. The van der Waals surface area contributed by atoms with Gasteiger partial charge in [0.2, 0.25) is 0 Å². The molecule has 0 spiro atoms. The number of aryl methyl sites for hydroxylation is 1. The predicted octanol–water partition coefficient (Wildman–Crippen LogP) is 3.19. The molecule has 0 amide bonds. The van der Waals surface area contributed by atoms with Crippen molar-refractivity contribution >= 4 is 15.7 Å². The highest BCUT2D eigenvalue weighted by molar-refractivity contribution is 7.92. The Bertz CT molecular complexity index is 887. The molecule has 2 aromatic carbocycles. The zero-order chi connectivity index (χ0) is 15.6. The number of nitrogens with one attached hydrogen (secondary N) is 2. The summed E-state index contributed by atoms with van der Waals surface area (Å²) in [4.78, 5) is 0.232. The monoisotopic (exact) mass is 313 g/mol. The number of rotatable bonds is 4. The predicted molar refractivity (Wildman–Crippen MR) is 86.0 cm³/mol. The quantitative estimate of drug-likeness (QED) is 0.777. The highest BCUT2D eigenvalue weighted by Gasteiger charge is 2.13. The van der Waals surface area contributed by atoms with Crippen LogP contribution in [0.1, 0.15) is 5.69 Å². The molecular weight excluding hydrogens is 298 g/mol. The molecule has 1 aromatic heterocycles. The minimum Gasteiger partial charge on any atom is -0.282 e. The van der Waals surface area contributed by atoms with Crippen molar-refractivity contribution in [2.45, 2.75) is 11.8 Å². The minimum absolute atomic E-state index is 0.232. The summed E-state index contributed by atoms with van der Waals surface area (Å²) in [5.74, 6) is 0. The van der Waals surface area contributed by atoms with Crippen LogP contribution in [-0.2, 0) is 10.0 Å². The van der Waals surface area contributed by atoms with E-state index in [4.69, 9.17) is 0 Å². The fourth-order valence-electron chi connectivity index (χ4n) is 2.12. The van der Waals surface area contributed by atoms with Gasteiger partial charge in [-0.25, -0.2) is 8.42 Å². The van der Waals surface area contributed by atoms with Crippen LogP contribution in [0.15, 0.2) is 65.6 Å². The maximum Gasteiger partial charge on any atom is 0.261 e. The Labute approximate surface area is 129 Å². The van der Waals surface area contributed by atoms with Crippen LogP contribution < -0.4 is 4.72 Å². The Kier molecular flexibility index (Phi) is 3.68. The Morgan fingerprint density at radius 1 is 1.00 bits per heavy atom. The van der Waals surface area contributed by atoms with Crippen LogP contribution in [0.4, 0.5) is 5.69 Å². The van der Waals surface area contributed by atoms with Crippen molar-refractivity contribution in [2.24, 2.45) is 0 Å². The average Bonchev–Trinajstić information content (AvgIpc) is 2.95. The molecule has 0 aliphatic carbocycles. The van der Waals surface area contributed by atoms with Gasteiger partial charge >= 0.3 is 0 Å². The van der Waals surface area contributed by atoms with Gasteiger partial charge in [0.15, 0.2) is 0 Å². The van der Waals surface area contributed by atoms with Gasteiger partial charge < -0.3 is 0 Å². The Hall–Kier alpha value is -2.60. The van der Waals surface area contributed by atoms with Gasteiger partial charge in [-0.3, -0.25) is 9.82 Å². The Balaban J connectivity index is 1.90. The lowest BCUT2D eigenvalue weighted by Crippen LogP contribution is -2.12. The standard InChI is InChI=1S/C16H15N3O2S/c1-12-10-16(18-17-12)13-6-5-7-14(11-13)19-22(20,21)15-8-3-2-4-9-15/h2-11,19H,1H3,(H,17,18). The zero-order valence-corrected chi connectivity index (χ0v) is 12.8. The second-order valence-corrected chi connectivity index (χ2v) is 6.62. The number of anilines is 1. The minimum atomic E-state index is -3.59. The molecule has 3 rings (SSSR count). The average molecular weight is 313 g/mol. The lowest BCUT2D eigenvalue weighted by Gasteiger charge is -2.08. The molecule has 2 N–H and O–H groups in total. The first-order valence-corrected chi connectivity index (χ1v) is 8.23. The SMILES string of the molecule is Cc1cc(-c2cccc(NS(=O)(=O)c3ccccc3)c2)n[nH]1. The summed E-state index contributed by atoms with van der Waals surface area (Å²) in [5, 5.41) is 7.05. The summed E-state index contributed by atoms with van der Waals surface area (Å²) in [6.45, 7) is 1.92. The largest absolute Gasteiger partial charge is 0.282 e. The molecular formula is C16H15N3O2S. The van der Waals surface area contributed by atoms with Crippen LogP contribution in [0.2, 0.25) is 0 Å². The molecule has 22 heavy (non-hydrogen) atoms. The van der Waals surface area contributed by atoms with Crippen molar-refractivity contribution in [1.29, 1.82) is 0 Å². The summed E-state index contributed by atoms with van der Waals surface area (Å²) in [5.41, 5.74) is 3.07. The number of benzene rings is 2. The summed E-state index contributed by atoms with van der Waals surface area (Å²) >= 11 is 0. The van der Waals surface area contributed by atoms with Crippen LogP contribution in [0.5, 0.6) is 0 Å². The first kappa shape index (κ1) is 14.3. The van der Waals surface area contributed by atoms with E-state index < -0.39 is 10.0 Å². The van der Waals surface area contributed by atoms with E-state index in [2.05, 4.69) is 14.9 Å². The molecule has 1 heterocycles. The van der Waals surface area contributed by atoms with Crippen LogP contribution in [0.25, 0.3) is 11.3 Å². The molecule has 0 fully saturated rings. The van der Waals surface area contributed by atoms with Gasteiger partial charge in [-0.15, -0.1) is 0 Å². The van der Waals surface area contributed by atoms with Crippen molar-refractivity contribution in [1.82, 2.24) is 10.2 Å². The number of nitrogens with zero attached hydrogens (tertiary/aromatic N) is 1. The molecule has 112 valence electrons. The van der Waals surface area contributed by atoms with Crippen molar-refractivity contribution < 1.29 is 8.42 Å². The molecule has 0 aliphatic heterocycles. The molecule has 5 nitrogen and oxygen atoms in total. The first-order valence-electron chi connectivity index (χ1n) is 6.75. The van der Waals surface area contributed by atoms with E-state index in [1.54, 1.807) is 48.5 Å². The van der Waals surface area contributed by atoms with E-state index in [0.717, 1.165) is 17.0 Å². The number of aromatic nitrogens is 2. The maximum atomic E-state index is 12.3. The van der Waals surface area contributed by atoms with E-state index in [0.29, 0.717) is 5.69 Å². The van der Waals surface area contributed by atoms with Gasteiger partial charge in [0.05, 0.1) is 10.6 Å². The van der Waals surface area contributed by atoms with E-state index in [1.165, 1.54) is 0 Å². The number of aromatic amines is 1. The van der Waals surface area contributed by atoms with Crippen molar-refractivity contribution in [2.75, 3.05) is 4.72 Å². The molecule has 6 heteroatoms. The summed E-state index contributed by atoms with van der Waals surface area (Å²) in [7, 11) is -3.59. The normalized spacial score (nSPS) is 11.3. The van der Waals surface area contributed by atoms with E-state index in [9.17, 15) is 8.42 Å². The topological polar surface area (TPSA) is 74.8 Å². The van der Waals surface area contributed by atoms with E-state index in [1.807, 2.05) is 19.1 Å². The van der Waals surface area contributed by atoms with Gasteiger partial charge in [-0.05, 0) is 37.3 Å². The smallest absolute Gasteiger partial charge is 0.261 e. The van der Waals surface area contributed by atoms with Gasteiger partial charge in [-0.2, -0.15) is 5.10 Å². The lowest BCUT2D eigenvalue weighted by atomic mass is 10.1. The van der Waals surface area contributed by atoms with Crippen molar-refractivity contribution in [3.8, 4) is 11.3 Å². The van der Waals surface area contributed by atoms with Crippen LogP contribution in [0, 0.1) is 6.92 Å². The highest BCUT2D eigenvalue weighted by atomic mass is 32.2. The fraction of sp³-hybridized carbons (Fsp3) is 0.0625. The Morgan fingerprint density at radius 2 is 1.77 bits per heavy atom. The fourth-order valence-corrected chi connectivity index (χ4v) is 3.19. The molecule has 0 aliphatic rings. The van der Waals surface area contributed by atoms with Crippen LogP contribution in [-0.4, -0.2) is 18.6 Å². The van der Waals surface area contributed by atoms with Crippen molar-refractivity contribution in [3.63, 3.8) is 0 Å². The summed E-state index contributed by atoms with van der Waals surface area (Å²) in [6.07, 6.45) is 0. The number of hydrogen-bond donors (Lipinski definition) is 2. The third-order valence-corrected chi connectivity index (χ3v) is 4.57. The summed E-state index contributed by atoms with van der Waals surface area (Å²) < 4.78 is 27.2. The van der Waals surface area contributed by atoms with Gasteiger partial charge in [0.1, 0.15) is 0 Å². The third-order valence-electron chi connectivity index (χ3n) is 3.17. The van der Waals surface area contributed by atoms with Crippen LogP contribution >= 0.6 is 0 Å². The summed E-state index contributed by atoms with van der Waals surface area (Å²) in [6, 6.07) is 17.3.